The minimum atomic E-state index is 1.17. The topological polar surface area (TPSA) is 3.24 Å². The van der Waals surface area contributed by atoms with Crippen LogP contribution in [-0.2, 0) is 6.42 Å². The van der Waals surface area contributed by atoms with E-state index in [0.29, 0.717) is 0 Å². The van der Waals surface area contributed by atoms with E-state index in [2.05, 4.69) is 44.2 Å². The zero-order chi connectivity index (χ0) is 8.55. The number of likely N-dealkylation sites (N-methyl/N-ethyl adjacent to an activating group) is 1. The molecule has 2 rings (SSSR count). The van der Waals surface area contributed by atoms with Crippen LogP contribution in [0.2, 0.25) is 6.82 Å². The fourth-order valence-corrected chi connectivity index (χ4v) is 1.77. The van der Waals surface area contributed by atoms with E-state index < -0.39 is 0 Å². The Morgan fingerprint density at radius 1 is 1.42 bits per heavy atom. The molecule has 0 unspecified atom stereocenters. The highest BCUT2D eigenvalue weighted by Crippen LogP contribution is 2.24. The summed E-state index contributed by atoms with van der Waals surface area (Å²) in [6.07, 6.45) is 1.20. The average Bonchev–Trinajstić information content (AvgIpc) is 2.47. The molecule has 1 aliphatic heterocycles. The summed E-state index contributed by atoms with van der Waals surface area (Å²) in [5.41, 5.74) is 4.23. The predicted molar refractivity (Wildman–Crippen MR) is 54.7 cm³/mol. The molecule has 0 fully saturated rings. The maximum Gasteiger partial charge on any atom is 0.148 e. The van der Waals surface area contributed by atoms with Crippen LogP contribution in [0.4, 0.5) is 5.69 Å². The second kappa shape index (κ2) is 2.85. The van der Waals surface area contributed by atoms with Crippen molar-refractivity contribution in [1.82, 2.24) is 0 Å². The SMILES string of the molecule is C[B]c1ccc2c(c1)CCN2C. The number of benzene rings is 1. The summed E-state index contributed by atoms with van der Waals surface area (Å²) in [7, 11) is 4.31. The molecule has 12 heavy (non-hydrogen) atoms. The van der Waals surface area contributed by atoms with Crippen LogP contribution >= 0.6 is 0 Å². The Labute approximate surface area is 74.6 Å². The van der Waals surface area contributed by atoms with Gasteiger partial charge < -0.3 is 4.90 Å². The number of hydrogen-bond acceptors (Lipinski definition) is 1. The van der Waals surface area contributed by atoms with Gasteiger partial charge in [0.25, 0.3) is 0 Å². The number of anilines is 1. The Kier molecular flexibility index (Phi) is 1.83. The number of hydrogen-bond donors (Lipinski definition) is 0. The first-order valence-electron chi connectivity index (χ1n) is 4.44. The molecule has 0 aromatic heterocycles. The van der Waals surface area contributed by atoms with Crippen molar-refractivity contribution in [3.63, 3.8) is 0 Å². The quantitative estimate of drug-likeness (QED) is 0.552. The molecule has 0 N–H and O–H groups in total. The van der Waals surface area contributed by atoms with Gasteiger partial charge in [0, 0.05) is 19.3 Å². The van der Waals surface area contributed by atoms with E-state index in [4.69, 9.17) is 0 Å². The molecule has 1 aromatic rings. The molecule has 1 radical (unpaired) electrons. The molecular formula is C10H13BN. The van der Waals surface area contributed by atoms with Crippen LogP contribution in [0.25, 0.3) is 0 Å². The number of rotatable bonds is 1. The summed E-state index contributed by atoms with van der Waals surface area (Å²) in [4.78, 5) is 2.31. The standard InChI is InChI=1S/C10H13BN/c1-11-9-3-4-10-8(7-9)5-6-12(10)2/h3-4,7H,5-6H2,1-2H3. The van der Waals surface area contributed by atoms with Crippen molar-refractivity contribution in [1.29, 1.82) is 0 Å². The van der Waals surface area contributed by atoms with Crippen LogP contribution in [0.3, 0.4) is 0 Å². The van der Waals surface area contributed by atoms with Gasteiger partial charge in [0.2, 0.25) is 0 Å². The minimum absolute atomic E-state index is 1.17. The molecule has 1 aromatic carbocycles. The van der Waals surface area contributed by atoms with Gasteiger partial charge in [-0.25, -0.2) is 0 Å². The maximum atomic E-state index is 2.31. The first-order valence-corrected chi connectivity index (χ1v) is 4.44. The number of fused-ring (bicyclic) bond motifs is 1. The smallest absolute Gasteiger partial charge is 0.148 e. The first kappa shape index (κ1) is 7.72. The maximum absolute atomic E-state index is 2.31. The van der Waals surface area contributed by atoms with Gasteiger partial charge >= 0.3 is 0 Å². The largest absolute Gasteiger partial charge is 0.374 e. The van der Waals surface area contributed by atoms with Gasteiger partial charge in [-0.1, -0.05) is 24.4 Å². The molecule has 1 nitrogen and oxygen atoms in total. The lowest BCUT2D eigenvalue weighted by atomic mass is 9.73. The summed E-state index contributed by atoms with van der Waals surface area (Å²) in [6, 6.07) is 6.69. The van der Waals surface area contributed by atoms with E-state index in [1.165, 1.54) is 29.7 Å². The zero-order valence-corrected chi connectivity index (χ0v) is 7.67. The molecule has 0 atom stereocenters. The first-order chi connectivity index (χ1) is 5.81. The molecule has 0 saturated carbocycles. The van der Waals surface area contributed by atoms with Crippen LogP contribution in [-0.4, -0.2) is 20.9 Å². The van der Waals surface area contributed by atoms with Crippen LogP contribution in [0.1, 0.15) is 5.56 Å². The average molecular weight is 158 g/mol. The van der Waals surface area contributed by atoms with E-state index in [-0.39, 0.29) is 0 Å². The van der Waals surface area contributed by atoms with Crippen molar-refractivity contribution in [3.05, 3.63) is 23.8 Å². The molecule has 0 aliphatic carbocycles. The van der Waals surface area contributed by atoms with Gasteiger partial charge in [-0.2, -0.15) is 0 Å². The highest BCUT2D eigenvalue weighted by molar-refractivity contribution is 6.51. The molecule has 61 valence electrons. The van der Waals surface area contributed by atoms with E-state index >= 15 is 0 Å². The Bertz CT molecular complexity index is 296. The molecule has 1 heterocycles. The van der Waals surface area contributed by atoms with Gasteiger partial charge in [0.1, 0.15) is 7.28 Å². The second-order valence-electron chi connectivity index (χ2n) is 3.35. The van der Waals surface area contributed by atoms with Crippen molar-refractivity contribution in [2.24, 2.45) is 0 Å². The Morgan fingerprint density at radius 2 is 2.25 bits per heavy atom. The third-order valence-electron chi connectivity index (χ3n) is 2.56. The van der Waals surface area contributed by atoms with Crippen LogP contribution < -0.4 is 10.4 Å². The summed E-state index contributed by atoms with van der Waals surface area (Å²) in [5.74, 6) is 0. The lowest BCUT2D eigenvalue weighted by Crippen LogP contribution is -2.13. The van der Waals surface area contributed by atoms with Crippen molar-refractivity contribution >= 4 is 18.4 Å². The van der Waals surface area contributed by atoms with Crippen molar-refractivity contribution in [3.8, 4) is 0 Å². The van der Waals surface area contributed by atoms with Gasteiger partial charge in [0.15, 0.2) is 0 Å². The van der Waals surface area contributed by atoms with Gasteiger partial charge in [0.05, 0.1) is 0 Å². The van der Waals surface area contributed by atoms with E-state index in [9.17, 15) is 0 Å². The third-order valence-corrected chi connectivity index (χ3v) is 2.56. The molecule has 2 heteroatoms. The number of nitrogens with zero attached hydrogens (tertiary/aromatic N) is 1. The van der Waals surface area contributed by atoms with Crippen LogP contribution in [0.5, 0.6) is 0 Å². The lowest BCUT2D eigenvalue weighted by Gasteiger charge is -2.11. The fraction of sp³-hybridized carbons (Fsp3) is 0.400. The normalized spacial score (nSPS) is 14.7. The van der Waals surface area contributed by atoms with Crippen LogP contribution in [0.15, 0.2) is 18.2 Å². The van der Waals surface area contributed by atoms with E-state index in [0.717, 1.165) is 0 Å². The Hall–Kier alpha value is -0.915. The predicted octanol–water partition coefficient (Wildman–Crippen LogP) is 1.06. The Balaban J connectivity index is 2.41. The molecule has 0 amide bonds. The second-order valence-corrected chi connectivity index (χ2v) is 3.35. The Morgan fingerprint density at radius 3 is 3.00 bits per heavy atom. The van der Waals surface area contributed by atoms with Gasteiger partial charge in [-0.05, 0) is 18.1 Å². The van der Waals surface area contributed by atoms with Crippen molar-refractivity contribution < 1.29 is 0 Å². The van der Waals surface area contributed by atoms with E-state index in [1.807, 2.05) is 0 Å². The summed E-state index contributed by atoms with van der Waals surface area (Å²) in [6.45, 7) is 3.25. The van der Waals surface area contributed by atoms with Gasteiger partial charge in [-0.15, -0.1) is 0 Å². The highest BCUT2D eigenvalue weighted by Gasteiger charge is 2.14. The summed E-state index contributed by atoms with van der Waals surface area (Å²) < 4.78 is 0. The highest BCUT2D eigenvalue weighted by atomic mass is 15.1. The third kappa shape index (κ3) is 1.11. The van der Waals surface area contributed by atoms with E-state index in [1.54, 1.807) is 0 Å². The van der Waals surface area contributed by atoms with Crippen LogP contribution in [0, 0.1) is 0 Å². The summed E-state index contributed by atoms with van der Waals surface area (Å²) >= 11 is 0. The van der Waals surface area contributed by atoms with Gasteiger partial charge in [-0.3, -0.25) is 0 Å². The zero-order valence-electron chi connectivity index (χ0n) is 7.67. The molecule has 0 spiro atoms. The molecule has 0 bridgehead atoms. The molecule has 1 aliphatic rings. The monoisotopic (exact) mass is 158 g/mol. The van der Waals surface area contributed by atoms with Crippen molar-refractivity contribution in [2.45, 2.75) is 13.2 Å². The van der Waals surface area contributed by atoms with Crippen molar-refractivity contribution in [2.75, 3.05) is 18.5 Å². The lowest BCUT2D eigenvalue weighted by molar-refractivity contribution is 0.956. The fourth-order valence-electron chi connectivity index (χ4n) is 1.77. The molecular weight excluding hydrogens is 145 g/mol. The summed E-state index contributed by atoms with van der Waals surface area (Å²) in [5, 5.41) is 0. The minimum Gasteiger partial charge on any atom is -0.374 e. The molecule has 0 saturated heterocycles.